The first-order valence-corrected chi connectivity index (χ1v) is 6.12. The molecule has 1 heterocycles. The van der Waals surface area contributed by atoms with Crippen molar-refractivity contribution in [1.29, 1.82) is 0 Å². The minimum Gasteiger partial charge on any atom is -0.473 e. The molecule has 0 fully saturated rings. The zero-order valence-electron chi connectivity index (χ0n) is 10.1. The Kier molecular flexibility index (Phi) is 4.18. The molecule has 1 aromatic heterocycles. The van der Waals surface area contributed by atoms with Gasteiger partial charge in [-0.25, -0.2) is 4.98 Å². The molecule has 0 amide bonds. The van der Waals surface area contributed by atoms with Crippen molar-refractivity contribution >= 4 is 11.6 Å². The van der Waals surface area contributed by atoms with Crippen LogP contribution < -0.4 is 10.5 Å². The summed E-state index contributed by atoms with van der Waals surface area (Å²) in [5.41, 5.74) is 7.77. The summed E-state index contributed by atoms with van der Waals surface area (Å²) >= 11 is 5.92. The van der Waals surface area contributed by atoms with Gasteiger partial charge in [0, 0.05) is 22.8 Å². The maximum absolute atomic E-state index is 5.92. The van der Waals surface area contributed by atoms with Crippen molar-refractivity contribution < 1.29 is 4.74 Å². The van der Waals surface area contributed by atoms with Crippen LogP contribution in [0.4, 0.5) is 0 Å². The molecule has 0 radical (unpaired) electrons. The van der Waals surface area contributed by atoms with E-state index in [-0.39, 0.29) is 6.04 Å². The molecular weight excluding hydrogens is 248 g/mol. The Bertz CT molecular complexity index is 529. The van der Waals surface area contributed by atoms with Gasteiger partial charge >= 0.3 is 0 Å². The van der Waals surface area contributed by atoms with Crippen molar-refractivity contribution in [2.24, 2.45) is 5.73 Å². The summed E-state index contributed by atoms with van der Waals surface area (Å²) < 4.78 is 5.69. The molecule has 0 aliphatic rings. The highest BCUT2D eigenvalue weighted by molar-refractivity contribution is 6.30. The number of hydrogen-bond donors (Lipinski definition) is 1. The fourth-order valence-corrected chi connectivity index (χ4v) is 1.86. The Labute approximate surface area is 112 Å². The molecule has 0 aliphatic carbocycles. The second kappa shape index (κ2) is 5.85. The largest absolute Gasteiger partial charge is 0.473 e. The highest BCUT2D eigenvalue weighted by Crippen LogP contribution is 2.21. The van der Waals surface area contributed by atoms with E-state index < -0.39 is 0 Å². The fourth-order valence-electron chi connectivity index (χ4n) is 1.65. The van der Waals surface area contributed by atoms with Crippen LogP contribution in [0.1, 0.15) is 24.1 Å². The number of nitrogens with zero attached hydrogens (tertiary/aromatic N) is 1. The highest BCUT2D eigenvalue weighted by atomic mass is 35.5. The Morgan fingerprint density at radius 3 is 2.89 bits per heavy atom. The molecule has 2 N–H and O–H groups in total. The molecule has 4 heteroatoms. The Morgan fingerprint density at radius 1 is 1.33 bits per heavy atom. The monoisotopic (exact) mass is 262 g/mol. The van der Waals surface area contributed by atoms with Crippen LogP contribution in [0.15, 0.2) is 42.6 Å². The van der Waals surface area contributed by atoms with Gasteiger partial charge in [0.05, 0.1) is 0 Å². The van der Waals surface area contributed by atoms with Crippen LogP contribution in [0.2, 0.25) is 5.02 Å². The predicted molar refractivity (Wildman–Crippen MR) is 72.6 cm³/mol. The van der Waals surface area contributed by atoms with E-state index in [0.29, 0.717) is 17.5 Å². The third-order valence-corrected chi connectivity index (χ3v) is 2.79. The molecule has 2 aromatic rings. The smallest absolute Gasteiger partial charge is 0.218 e. The van der Waals surface area contributed by atoms with Crippen molar-refractivity contribution in [3.8, 4) is 5.88 Å². The lowest BCUT2D eigenvalue weighted by atomic mass is 10.1. The molecule has 0 saturated carbocycles. The lowest BCUT2D eigenvalue weighted by Gasteiger charge is -2.12. The second-order valence-electron chi connectivity index (χ2n) is 4.11. The van der Waals surface area contributed by atoms with Gasteiger partial charge in [-0.05, 0) is 30.7 Å². The number of rotatable bonds is 4. The maximum Gasteiger partial charge on any atom is 0.218 e. The molecule has 0 saturated heterocycles. The van der Waals surface area contributed by atoms with Gasteiger partial charge in [0.15, 0.2) is 0 Å². The number of pyridine rings is 1. The van der Waals surface area contributed by atoms with Crippen LogP contribution in [0, 0.1) is 0 Å². The molecular formula is C14H15ClN2O. The van der Waals surface area contributed by atoms with Gasteiger partial charge in [-0.2, -0.15) is 0 Å². The number of halogens is 1. The van der Waals surface area contributed by atoms with Crippen LogP contribution >= 0.6 is 11.6 Å². The van der Waals surface area contributed by atoms with Gasteiger partial charge < -0.3 is 10.5 Å². The summed E-state index contributed by atoms with van der Waals surface area (Å²) in [5.74, 6) is 0.576. The molecule has 1 atom stereocenters. The number of aromatic nitrogens is 1. The third-order valence-electron chi connectivity index (χ3n) is 2.56. The van der Waals surface area contributed by atoms with Crippen LogP contribution in [0.25, 0.3) is 0 Å². The quantitative estimate of drug-likeness (QED) is 0.919. The summed E-state index contributed by atoms with van der Waals surface area (Å²) in [7, 11) is 0. The van der Waals surface area contributed by atoms with Crippen molar-refractivity contribution in [3.63, 3.8) is 0 Å². The van der Waals surface area contributed by atoms with E-state index in [9.17, 15) is 0 Å². The van der Waals surface area contributed by atoms with Gasteiger partial charge in [-0.3, -0.25) is 0 Å². The van der Waals surface area contributed by atoms with Crippen molar-refractivity contribution in [2.75, 3.05) is 0 Å². The Hall–Kier alpha value is -1.58. The fraction of sp³-hybridized carbons (Fsp3) is 0.214. The van der Waals surface area contributed by atoms with E-state index in [4.69, 9.17) is 22.1 Å². The van der Waals surface area contributed by atoms with Crippen molar-refractivity contribution in [3.05, 3.63) is 58.7 Å². The van der Waals surface area contributed by atoms with Crippen LogP contribution in [0.3, 0.4) is 0 Å². The van der Waals surface area contributed by atoms with E-state index in [1.165, 1.54) is 0 Å². The van der Waals surface area contributed by atoms with Gasteiger partial charge in [-0.1, -0.05) is 29.8 Å². The first-order valence-electron chi connectivity index (χ1n) is 5.74. The van der Waals surface area contributed by atoms with E-state index >= 15 is 0 Å². The SMILES string of the molecule is CC(N)c1cccnc1OCc1cccc(Cl)c1. The number of benzene rings is 1. The van der Waals surface area contributed by atoms with Gasteiger partial charge in [0.25, 0.3) is 0 Å². The molecule has 3 nitrogen and oxygen atoms in total. The zero-order valence-corrected chi connectivity index (χ0v) is 10.9. The van der Waals surface area contributed by atoms with E-state index in [2.05, 4.69) is 4.98 Å². The number of nitrogens with two attached hydrogens (primary N) is 1. The van der Waals surface area contributed by atoms with Crippen LogP contribution in [-0.2, 0) is 6.61 Å². The minimum absolute atomic E-state index is 0.104. The van der Waals surface area contributed by atoms with Crippen LogP contribution in [-0.4, -0.2) is 4.98 Å². The molecule has 0 bridgehead atoms. The summed E-state index contributed by atoms with van der Waals surface area (Å²) in [4.78, 5) is 4.20. The summed E-state index contributed by atoms with van der Waals surface area (Å²) in [6.45, 7) is 2.33. The second-order valence-corrected chi connectivity index (χ2v) is 4.54. The molecule has 1 unspecified atom stereocenters. The van der Waals surface area contributed by atoms with E-state index in [0.717, 1.165) is 11.1 Å². The summed E-state index contributed by atoms with van der Waals surface area (Å²) in [6, 6.07) is 11.2. The molecule has 1 aromatic carbocycles. The topological polar surface area (TPSA) is 48.1 Å². The molecule has 18 heavy (non-hydrogen) atoms. The van der Waals surface area contributed by atoms with Gasteiger partial charge in [-0.15, -0.1) is 0 Å². The minimum atomic E-state index is -0.104. The van der Waals surface area contributed by atoms with Crippen molar-refractivity contribution in [2.45, 2.75) is 19.6 Å². The maximum atomic E-state index is 5.92. The Morgan fingerprint density at radius 2 is 2.17 bits per heavy atom. The normalized spacial score (nSPS) is 12.2. The predicted octanol–water partition coefficient (Wildman–Crippen LogP) is 3.33. The van der Waals surface area contributed by atoms with Gasteiger partial charge in [0.1, 0.15) is 6.61 Å². The molecule has 94 valence electrons. The lowest BCUT2D eigenvalue weighted by molar-refractivity contribution is 0.289. The first kappa shape index (κ1) is 12.9. The third kappa shape index (κ3) is 3.22. The average molecular weight is 263 g/mol. The number of ether oxygens (including phenoxy) is 1. The highest BCUT2D eigenvalue weighted by Gasteiger charge is 2.08. The lowest BCUT2D eigenvalue weighted by Crippen LogP contribution is -2.09. The van der Waals surface area contributed by atoms with Crippen molar-refractivity contribution in [1.82, 2.24) is 4.98 Å². The Balaban J connectivity index is 2.11. The van der Waals surface area contributed by atoms with Crippen LogP contribution in [0.5, 0.6) is 5.88 Å². The van der Waals surface area contributed by atoms with E-state index in [1.54, 1.807) is 6.20 Å². The number of hydrogen-bond acceptors (Lipinski definition) is 3. The molecule has 0 spiro atoms. The van der Waals surface area contributed by atoms with E-state index in [1.807, 2.05) is 43.3 Å². The zero-order chi connectivity index (χ0) is 13.0. The summed E-state index contributed by atoms with van der Waals surface area (Å²) in [6.07, 6.45) is 1.69. The van der Waals surface area contributed by atoms with Gasteiger partial charge in [0.2, 0.25) is 5.88 Å². The first-order chi connectivity index (χ1) is 8.66. The standard InChI is InChI=1S/C14H15ClN2O/c1-10(16)13-6-3-7-17-14(13)18-9-11-4-2-5-12(15)8-11/h2-8,10H,9,16H2,1H3. The molecule has 2 rings (SSSR count). The average Bonchev–Trinajstić information content (AvgIpc) is 2.37. The summed E-state index contributed by atoms with van der Waals surface area (Å²) in [5, 5.41) is 0.699. The molecule has 0 aliphatic heterocycles.